The molecular formula is C26H27N3O2S2. The lowest BCUT2D eigenvalue weighted by Crippen LogP contribution is -2.29. The monoisotopic (exact) mass is 477 g/mol. The molecule has 0 bridgehead atoms. The number of benzene rings is 2. The second kappa shape index (κ2) is 9.77. The number of nitrogens with zero attached hydrogens (tertiary/aromatic N) is 2. The number of amides is 1. The van der Waals surface area contributed by atoms with Crippen molar-refractivity contribution in [1.29, 1.82) is 0 Å². The number of hydrogen-bond acceptors (Lipinski definition) is 5. The summed E-state index contributed by atoms with van der Waals surface area (Å²) in [7, 11) is 0. The number of carbonyl (C=O) groups is 1. The predicted molar refractivity (Wildman–Crippen MR) is 134 cm³/mol. The maximum absolute atomic E-state index is 13.8. The fraction of sp³-hybridized carbons (Fsp3) is 0.346. The van der Waals surface area contributed by atoms with Crippen LogP contribution in [0.25, 0.3) is 5.69 Å². The van der Waals surface area contributed by atoms with Gasteiger partial charge >= 0.3 is 0 Å². The number of hydrogen-bond donors (Lipinski definition) is 1. The molecule has 1 fully saturated rings. The van der Waals surface area contributed by atoms with E-state index < -0.39 is 0 Å². The summed E-state index contributed by atoms with van der Waals surface area (Å²) in [5, 5.41) is 4.87. The number of aromatic nitrogens is 2. The summed E-state index contributed by atoms with van der Waals surface area (Å²) in [6.45, 7) is 2.51. The van der Waals surface area contributed by atoms with Crippen LogP contribution in [0.2, 0.25) is 0 Å². The van der Waals surface area contributed by atoms with Crippen LogP contribution >= 0.6 is 23.5 Å². The largest absolute Gasteiger partial charge is 0.351 e. The third kappa shape index (κ3) is 4.75. The van der Waals surface area contributed by atoms with Gasteiger partial charge in [-0.3, -0.25) is 14.2 Å². The molecule has 1 N–H and O–H groups in total. The summed E-state index contributed by atoms with van der Waals surface area (Å²) in [4.78, 5) is 31.3. The van der Waals surface area contributed by atoms with Crippen LogP contribution in [-0.2, 0) is 11.3 Å². The van der Waals surface area contributed by atoms with Gasteiger partial charge in [-0.05, 0) is 43.0 Å². The molecule has 170 valence electrons. The van der Waals surface area contributed by atoms with Crippen molar-refractivity contribution in [2.45, 2.75) is 60.5 Å². The molecule has 7 heteroatoms. The van der Waals surface area contributed by atoms with Crippen molar-refractivity contribution in [1.82, 2.24) is 14.9 Å². The lowest BCUT2D eigenvalue weighted by molar-refractivity contribution is -0.118. The number of aryl methyl sites for hydroxylation is 1. The van der Waals surface area contributed by atoms with Crippen molar-refractivity contribution in [2.24, 2.45) is 0 Å². The number of fused-ring (bicyclic) bond motifs is 3. The summed E-state index contributed by atoms with van der Waals surface area (Å²) < 4.78 is 1.72. The molecular weight excluding hydrogens is 450 g/mol. The molecule has 1 saturated carbocycles. The lowest BCUT2D eigenvalue weighted by Gasteiger charge is -2.24. The van der Waals surface area contributed by atoms with Crippen molar-refractivity contribution in [2.75, 3.05) is 5.75 Å². The first-order valence-electron chi connectivity index (χ1n) is 11.4. The molecule has 3 aromatic rings. The molecule has 1 aromatic heterocycles. The average Bonchev–Trinajstić information content (AvgIpc) is 3.21. The minimum Gasteiger partial charge on any atom is -0.351 e. The highest BCUT2D eigenvalue weighted by Gasteiger charge is 2.39. The van der Waals surface area contributed by atoms with Crippen LogP contribution in [0, 0.1) is 6.92 Å². The number of nitrogens with one attached hydrogen (secondary N) is 1. The van der Waals surface area contributed by atoms with Gasteiger partial charge in [0.05, 0.1) is 17.0 Å². The summed E-state index contributed by atoms with van der Waals surface area (Å²) in [5.74, 6) is 0.431. The van der Waals surface area contributed by atoms with E-state index in [1.54, 1.807) is 16.3 Å². The first-order chi connectivity index (χ1) is 16.1. The normalized spacial score (nSPS) is 19.1. The summed E-state index contributed by atoms with van der Waals surface area (Å²) in [5.41, 5.74) is 3.86. The van der Waals surface area contributed by atoms with E-state index in [9.17, 15) is 9.59 Å². The van der Waals surface area contributed by atoms with E-state index in [1.807, 2.05) is 61.5 Å². The Balaban J connectivity index is 1.43. The Morgan fingerprint density at radius 2 is 1.97 bits per heavy atom. The van der Waals surface area contributed by atoms with Crippen LogP contribution in [0.5, 0.6) is 0 Å². The second-order valence-electron chi connectivity index (χ2n) is 8.69. The van der Waals surface area contributed by atoms with Gasteiger partial charge in [0.1, 0.15) is 5.03 Å². The molecule has 1 amide bonds. The highest BCUT2D eigenvalue weighted by molar-refractivity contribution is 8.00. The summed E-state index contributed by atoms with van der Waals surface area (Å²) >= 11 is 3.09. The molecule has 5 nitrogen and oxygen atoms in total. The SMILES string of the molecule is Cc1cccc(-n2c(SCC(=O)NCc3ccccc3)nc3c(c2=O)[C@@H]2CCCC[C@@H]2S3)c1. The molecule has 5 rings (SSSR count). The zero-order valence-corrected chi connectivity index (χ0v) is 20.3. The molecule has 2 aromatic carbocycles. The van der Waals surface area contributed by atoms with E-state index in [0.717, 1.165) is 40.2 Å². The topological polar surface area (TPSA) is 64.0 Å². The highest BCUT2D eigenvalue weighted by Crippen LogP contribution is 2.50. The Morgan fingerprint density at radius 3 is 2.79 bits per heavy atom. The standard InChI is InChI=1S/C26H27N3O2S2/c1-17-8-7-11-19(14-17)29-25(31)23-20-12-5-6-13-21(20)33-24(23)28-26(29)32-16-22(30)27-15-18-9-3-2-4-10-18/h2-4,7-11,14,20-21H,5-6,12-13,15-16H2,1H3,(H,27,30)/t20-,21+/m1/s1. The van der Waals surface area contributed by atoms with Gasteiger partial charge in [-0.15, -0.1) is 11.8 Å². The van der Waals surface area contributed by atoms with Gasteiger partial charge in [-0.2, -0.15) is 0 Å². The maximum Gasteiger partial charge on any atom is 0.263 e. The van der Waals surface area contributed by atoms with Crippen molar-refractivity contribution >= 4 is 29.4 Å². The smallest absolute Gasteiger partial charge is 0.263 e. The lowest BCUT2D eigenvalue weighted by atomic mass is 9.85. The molecule has 33 heavy (non-hydrogen) atoms. The minimum atomic E-state index is -0.0734. The quantitative estimate of drug-likeness (QED) is 0.305. The Labute approximate surface area is 202 Å². The number of rotatable bonds is 6. The van der Waals surface area contributed by atoms with Gasteiger partial charge in [-0.1, -0.05) is 67.1 Å². The molecule has 0 saturated heterocycles. The van der Waals surface area contributed by atoms with Gasteiger partial charge in [-0.25, -0.2) is 4.98 Å². The molecule has 0 unspecified atom stereocenters. The van der Waals surface area contributed by atoms with Crippen molar-refractivity contribution in [3.8, 4) is 5.69 Å². The van der Waals surface area contributed by atoms with Crippen molar-refractivity contribution < 1.29 is 4.79 Å². The highest BCUT2D eigenvalue weighted by atomic mass is 32.2. The number of thioether (sulfide) groups is 2. The Bertz CT molecular complexity index is 1230. The molecule has 2 heterocycles. The van der Waals surface area contributed by atoms with Crippen molar-refractivity contribution in [3.05, 3.63) is 81.6 Å². The minimum absolute atomic E-state index is 0.0275. The van der Waals surface area contributed by atoms with E-state index in [0.29, 0.717) is 22.9 Å². The van der Waals surface area contributed by atoms with Gasteiger partial charge in [0, 0.05) is 17.7 Å². The van der Waals surface area contributed by atoms with Crippen LogP contribution in [0.3, 0.4) is 0 Å². The number of carbonyl (C=O) groups excluding carboxylic acids is 1. The first kappa shape index (κ1) is 22.3. The first-order valence-corrected chi connectivity index (χ1v) is 13.3. The van der Waals surface area contributed by atoms with Crippen LogP contribution in [0.15, 0.2) is 69.6 Å². The van der Waals surface area contributed by atoms with Gasteiger partial charge in [0.2, 0.25) is 5.91 Å². The third-order valence-electron chi connectivity index (χ3n) is 6.31. The molecule has 1 aliphatic carbocycles. The van der Waals surface area contributed by atoms with E-state index in [4.69, 9.17) is 4.98 Å². The fourth-order valence-corrected chi connectivity index (χ4v) is 7.09. The molecule has 1 aliphatic heterocycles. The zero-order chi connectivity index (χ0) is 22.8. The van der Waals surface area contributed by atoms with E-state index >= 15 is 0 Å². The van der Waals surface area contributed by atoms with E-state index in [1.165, 1.54) is 24.6 Å². The van der Waals surface area contributed by atoms with E-state index in [2.05, 4.69) is 5.32 Å². The Hall–Kier alpha value is -2.51. The van der Waals surface area contributed by atoms with Gasteiger partial charge in [0.25, 0.3) is 5.56 Å². The summed E-state index contributed by atoms with van der Waals surface area (Å²) in [6.07, 6.45) is 4.59. The van der Waals surface area contributed by atoms with Crippen molar-refractivity contribution in [3.63, 3.8) is 0 Å². The third-order valence-corrected chi connectivity index (χ3v) is 8.65. The average molecular weight is 478 g/mol. The molecule has 0 spiro atoms. The van der Waals surface area contributed by atoms with Crippen LogP contribution in [-0.4, -0.2) is 26.5 Å². The molecule has 2 aliphatic rings. The van der Waals surface area contributed by atoms with Crippen LogP contribution < -0.4 is 10.9 Å². The predicted octanol–water partition coefficient (Wildman–Crippen LogP) is 5.08. The van der Waals surface area contributed by atoms with Gasteiger partial charge in [0.15, 0.2) is 5.16 Å². The van der Waals surface area contributed by atoms with Crippen LogP contribution in [0.4, 0.5) is 0 Å². The second-order valence-corrected chi connectivity index (χ2v) is 10.9. The molecule has 0 radical (unpaired) electrons. The summed E-state index contributed by atoms with van der Waals surface area (Å²) in [6, 6.07) is 17.8. The van der Waals surface area contributed by atoms with E-state index in [-0.39, 0.29) is 17.2 Å². The maximum atomic E-state index is 13.8. The zero-order valence-electron chi connectivity index (χ0n) is 18.6. The Morgan fingerprint density at radius 1 is 1.15 bits per heavy atom. The fourth-order valence-electron chi connectivity index (χ4n) is 4.68. The Kier molecular flexibility index (Phi) is 6.60. The van der Waals surface area contributed by atoms with Gasteiger partial charge < -0.3 is 5.32 Å². The van der Waals surface area contributed by atoms with Crippen LogP contribution in [0.1, 0.15) is 48.3 Å². The molecule has 2 atom stereocenters.